The van der Waals surface area contributed by atoms with E-state index in [0.717, 1.165) is 4.90 Å². The minimum atomic E-state index is -1.29. The first kappa shape index (κ1) is 15.7. The fraction of sp³-hybridized carbons (Fsp3) is 0.182. The summed E-state index contributed by atoms with van der Waals surface area (Å²) < 4.78 is 0.563. The molecule has 1 aromatic carbocycles. The fourth-order valence-corrected chi connectivity index (χ4v) is 2.10. The Kier molecular flexibility index (Phi) is 5.55. The van der Waals surface area contributed by atoms with E-state index in [2.05, 4.69) is 0 Å². The van der Waals surface area contributed by atoms with Crippen molar-refractivity contribution in [3.8, 4) is 0 Å². The van der Waals surface area contributed by atoms with Crippen molar-refractivity contribution in [1.29, 1.82) is 0 Å². The number of carboxylic acid groups (broad SMARTS) is 2. The van der Waals surface area contributed by atoms with Gasteiger partial charge in [0.1, 0.15) is 13.1 Å². The van der Waals surface area contributed by atoms with Crippen LogP contribution in [0.5, 0.6) is 0 Å². The lowest BCUT2D eigenvalue weighted by molar-refractivity contribution is -0.140. The van der Waals surface area contributed by atoms with Crippen molar-refractivity contribution in [2.45, 2.75) is 0 Å². The molecule has 0 radical (unpaired) electrons. The van der Waals surface area contributed by atoms with Gasteiger partial charge >= 0.3 is 11.9 Å². The fourth-order valence-electron chi connectivity index (χ4n) is 1.36. The van der Waals surface area contributed by atoms with E-state index in [1.807, 2.05) is 22.6 Å². The maximum absolute atomic E-state index is 12.1. The average Bonchev–Trinajstić information content (AvgIpc) is 2.29. The van der Waals surface area contributed by atoms with Crippen LogP contribution in [0.4, 0.5) is 0 Å². The summed E-state index contributed by atoms with van der Waals surface area (Å²) in [6.07, 6.45) is 0. The van der Waals surface area contributed by atoms with Crippen LogP contribution in [-0.2, 0) is 9.59 Å². The molecule has 0 aliphatic heterocycles. The number of benzene rings is 1. The van der Waals surface area contributed by atoms with E-state index in [1.165, 1.54) is 6.07 Å². The van der Waals surface area contributed by atoms with Gasteiger partial charge < -0.3 is 15.1 Å². The SMILES string of the molecule is O=C(O)CN(CC(=O)O)C(=O)c1cc(Cl)ccc1I. The maximum atomic E-state index is 12.1. The summed E-state index contributed by atoms with van der Waals surface area (Å²) in [7, 11) is 0. The molecule has 0 bridgehead atoms. The molecule has 102 valence electrons. The molecule has 0 aromatic heterocycles. The molecule has 0 atom stereocenters. The zero-order valence-electron chi connectivity index (χ0n) is 9.47. The van der Waals surface area contributed by atoms with E-state index in [1.54, 1.807) is 12.1 Å². The number of aliphatic carboxylic acids is 2. The molecule has 8 heteroatoms. The molecular weight excluding hydrogens is 388 g/mol. The molecule has 0 saturated carbocycles. The molecule has 6 nitrogen and oxygen atoms in total. The number of hydrogen-bond donors (Lipinski definition) is 2. The van der Waals surface area contributed by atoms with Crippen molar-refractivity contribution < 1.29 is 24.6 Å². The number of halogens is 2. The van der Waals surface area contributed by atoms with Gasteiger partial charge in [-0.05, 0) is 40.8 Å². The molecule has 1 rings (SSSR count). The first-order valence-electron chi connectivity index (χ1n) is 4.99. The number of carbonyl (C=O) groups is 3. The number of carboxylic acids is 2. The van der Waals surface area contributed by atoms with Gasteiger partial charge in [0.2, 0.25) is 0 Å². The minimum absolute atomic E-state index is 0.176. The first-order valence-corrected chi connectivity index (χ1v) is 6.45. The number of rotatable bonds is 5. The van der Waals surface area contributed by atoms with Crippen molar-refractivity contribution in [1.82, 2.24) is 4.90 Å². The van der Waals surface area contributed by atoms with Crippen molar-refractivity contribution in [3.63, 3.8) is 0 Å². The van der Waals surface area contributed by atoms with Gasteiger partial charge in [0, 0.05) is 8.59 Å². The zero-order chi connectivity index (χ0) is 14.6. The molecule has 0 aliphatic rings. The van der Waals surface area contributed by atoms with Gasteiger partial charge in [0.15, 0.2) is 0 Å². The Hall–Kier alpha value is -1.35. The summed E-state index contributed by atoms with van der Waals surface area (Å²) in [6, 6.07) is 4.55. The van der Waals surface area contributed by atoms with Crippen molar-refractivity contribution >= 4 is 52.0 Å². The normalized spacial score (nSPS) is 10.0. The summed E-state index contributed by atoms with van der Waals surface area (Å²) >= 11 is 7.66. The third-order valence-electron chi connectivity index (χ3n) is 2.10. The predicted molar refractivity (Wildman–Crippen MR) is 75.3 cm³/mol. The second-order valence-corrected chi connectivity index (χ2v) is 5.17. The number of hydrogen-bond acceptors (Lipinski definition) is 3. The highest BCUT2D eigenvalue weighted by atomic mass is 127. The first-order chi connectivity index (χ1) is 8.81. The highest BCUT2D eigenvalue weighted by Gasteiger charge is 2.22. The second kappa shape index (κ2) is 6.71. The standard InChI is InChI=1S/C11H9ClINO5/c12-6-1-2-8(13)7(3-6)11(19)14(4-9(15)16)5-10(17)18/h1-3H,4-5H2,(H,15,16)(H,17,18). The van der Waals surface area contributed by atoms with E-state index in [4.69, 9.17) is 21.8 Å². The molecule has 0 aliphatic carbocycles. The molecule has 19 heavy (non-hydrogen) atoms. The third-order valence-corrected chi connectivity index (χ3v) is 3.27. The van der Waals surface area contributed by atoms with Gasteiger partial charge in [0.05, 0.1) is 5.56 Å². The van der Waals surface area contributed by atoms with E-state index in [0.29, 0.717) is 8.59 Å². The summed E-state index contributed by atoms with van der Waals surface area (Å²) in [5.41, 5.74) is 0.176. The van der Waals surface area contributed by atoms with Crippen LogP contribution in [0.2, 0.25) is 5.02 Å². The number of carbonyl (C=O) groups excluding carboxylic acids is 1. The Morgan fingerprint density at radius 1 is 1.16 bits per heavy atom. The van der Waals surface area contributed by atoms with Crippen LogP contribution in [0.1, 0.15) is 10.4 Å². The van der Waals surface area contributed by atoms with Crippen LogP contribution in [0, 0.1) is 3.57 Å². The molecule has 0 unspecified atom stereocenters. The molecule has 1 aromatic rings. The molecular formula is C11H9ClINO5. The van der Waals surface area contributed by atoms with Gasteiger partial charge in [-0.1, -0.05) is 11.6 Å². The summed E-state index contributed by atoms with van der Waals surface area (Å²) in [5.74, 6) is -3.25. The molecule has 1 amide bonds. The third kappa shape index (κ3) is 4.67. The van der Waals surface area contributed by atoms with Crippen LogP contribution in [0.3, 0.4) is 0 Å². The topological polar surface area (TPSA) is 94.9 Å². The van der Waals surface area contributed by atoms with Crippen LogP contribution in [-0.4, -0.2) is 46.0 Å². The van der Waals surface area contributed by atoms with Gasteiger partial charge in [-0.25, -0.2) is 0 Å². The Morgan fingerprint density at radius 3 is 2.16 bits per heavy atom. The lowest BCUT2D eigenvalue weighted by atomic mass is 10.2. The molecule has 0 saturated heterocycles. The number of amides is 1. The highest BCUT2D eigenvalue weighted by Crippen LogP contribution is 2.19. The van der Waals surface area contributed by atoms with Crippen LogP contribution in [0.25, 0.3) is 0 Å². The summed E-state index contributed by atoms with van der Waals surface area (Å²) in [5, 5.41) is 17.7. The maximum Gasteiger partial charge on any atom is 0.323 e. The Labute approximate surface area is 127 Å². The predicted octanol–water partition coefficient (Wildman–Crippen LogP) is 1.56. The quantitative estimate of drug-likeness (QED) is 0.735. The monoisotopic (exact) mass is 397 g/mol. The lowest BCUT2D eigenvalue weighted by Gasteiger charge is -2.19. The van der Waals surface area contributed by atoms with Crippen LogP contribution in [0.15, 0.2) is 18.2 Å². The smallest absolute Gasteiger partial charge is 0.323 e. The van der Waals surface area contributed by atoms with E-state index < -0.39 is 30.9 Å². The van der Waals surface area contributed by atoms with Gasteiger partial charge in [-0.2, -0.15) is 0 Å². The minimum Gasteiger partial charge on any atom is -0.480 e. The Bertz CT molecular complexity index is 518. The number of nitrogens with zero attached hydrogens (tertiary/aromatic N) is 1. The van der Waals surface area contributed by atoms with Crippen LogP contribution >= 0.6 is 34.2 Å². The van der Waals surface area contributed by atoms with E-state index >= 15 is 0 Å². The summed E-state index contributed by atoms with van der Waals surface area (Å²) in [4.78, 5) is 34.2. The van der Waals surface area contributed by atoms with E-state index in [9.17, 15) is 14.4 Å². The Balaban J connectivity index is 3.07. The lowest BCUT2D eigenvalue weighted by Crippen LogP contribution is -2.39. The molecule has 0 fully saturated rings. The van der Waals surface area contributed by atoms with Crippen molar-refractivity contribution in [2.75, 3.05) is 13.1 Å². The molecule has 0 spiro atoms. The average molecular weight is 398 g/mol. The summed E-state index contributed by atoms with van der Waals surface area (Å²) in [6.45, 7) is -1.37. The van der Waals surface area contributed by atoms with Crippen molar-refractivity contribution in [3.05, 3.63) is 32.4 Å². The second-order valence-electron chi connectivity index (χ2n) is 3.57. The van der Waals surface area contributed by atoms with Crippen molar-refractivity contribution in [2.24, 2.45) is 0 Å². The zero-order valence-corrected chi connectivity index (χ0v) is 12.4. The van der Waals surface area contributed by atoms with Gasteiger partial charge in [-0.3, -0.25) is 14.4 Å². The Morgan fingerprint density at radius 2 is 1.68 bits per heavy atom. The molecule has 2 N–H and O–H groups in total. The van der Waals surface area contributed by atoms with Crippen LogP contribution < -0.4 is 0 Å². The van der Waals surface area contributed by atoms with E-state index in [-0.39, 0.29) is 5.56 Å². The molecule has 0 heterocycles. The highest BCUT2D eigenvalue weighted by molar-refractivity contribution is 14.1. The van der Waals surface area contributed by atoms with Gasteiger partial charge in [-0.15, -0.1) is 0 Å². The van der Waals surface area contributed by atoms with Gasteiger partial charge in [0.25, 0.3) is 5.91 Å². The largest absolute Gasteiger partial charge is 0.480 e.